The maximum absolute atomic E-state index is 4.69. The predicted molar refractivity (Wildman–Crippen MR) is 79.1 cm³/mol. The van der Waals surface area contributed by atoms with Gasteiger partial charge in [-0.25, -0.2) is 4.98 Å². The molecule has 0 bridgehead atoms. The van der Waals surface area contributed by atoms with Crippen LogP contribution in [-0.2, 0) is 13.0 Å². The summed E-state index contributed by atoms with van der Waals surface area (Å²) in [5.74, 6) is 1.07. The highest BCUT2D eigenvalue weighted by Gasteiger charge is 2.05. The van der Waals surface area contributed by atoms with Crippen molar-refractivity contribution in [3.8, 4) is 0 Å². The summed E-state index contributed by atoms with van der Waals surface area (Å²) in [6.45, 7) is 7.81. The Balaban J connectivity index is 2.78. The molecule has 0 atom stereocenters. The minimum atomic E-state index is 0.892. The molecule has 100 valence electrons. The Kier molecular flexibility index (Phi) is 6.44. The highest BCUT2D eigenvalue weighted by atomic mass is 15.2. The van der Waals surface area contributed by atoms with Gasteiger partial charge in [0.15, 0.2) is 0 Å². The van der Waals surface area contributed by atoms with Crippen molar-refractivity contribution in [3.05, 3.63) is 36.0 Å². The zero-order valence-electron chi connectivity index (χ0n) is 11.9. The molecule has 18 heavy (non-hydrogen) atoms. The number of nitrogens with one attached hydrogen (secondary N) is 1. The number of aromatic nitrogens is 1. The molecular formula is C15H25N3. The lowest BCUT2D eigenvalue weighted by Gasteiger charge is -2.19. The lowest BCUT2D eigenvalue weighted by atomic mass is 10.2. The molecule has 0 aliphatic heterocycles. The molecule has 3 heteroatoms. The van der Waals surface area contributed by atoms with Gasteiger partial charge in [-0.05, 0) is 44.0 Å². The molecule has 3 nitrogen and oxygen atoms in total. The van der Waals surface area contributed by atoms with Gasteiger partial charge in [0.25, 0.3) is 0 Å². The number of unbranched alkanes of at least 4 members (excludes halogenated alkanes) is 1. The molecule has 0 amide bonds. The van der Waals surface area contributed by atoms with Gasteiger partial charge in [-0.3, -0.25) is 0 Å². The summed E-state index contributed by atoms with van der Waals surface area (Å²) in [7, 11) is 4.08. The van der Waals surface area contributed by atoms with E-state index in [1.54, 1.807) is 0 Å². The van der Waals surface area contributed by atoms with E-state index in [9.17, 15) is 0 Å². The van der Waals surface area contributed by atoms with Crippen molar-refractivity contribution in [2.75, 3.05) is 25.5 Å². The third-order valence-corrected chi connectivity index (χ3v) is 2.96. The molecule has 0 spiro atoms. The average molecular weight is 247 g/mol. The molecule has 0 saturated carbocycles. The van der Waals surface area contributed by atoms with E-state index in [-0.39, 0.29) is 0 Å². The first kappa shape index (κ1) is 14.7. The molecule has 0 aliphatic rings. The predicted octanol–water partition coefficient (Wildman–Crippen LogP) is 2.77. The van der Waals surface area contributed by atoms with Crippen LogP contribution >= 0.6 is 0 Å². The van der Waals surface area contributed by atoms with E-state index in [2.05, 4.69) is 47.9 Å². The number of hydrogen-bond acceptors (Lipinski definition) is 3. The van der Waals surface area contributed by atoms with Crippen molar-refractivity contribution in [1.82, 2.24) is 10.3 Å². The Hall–Kier alpha value is -1.35. The standard InChI is InChI=1S/C15H25N3/c1-5-7-8-9-18(4)15-11-13(12-16-3)10-14(6-2)17-15/h5,10-11,16H,1,6-9,12H2,2-4H3. The van der Waals surface area contributed by atoms with Crippen LogP contribution in [0.2, 0.25) is 0 Å². The second-order valence-electron chi connectivity index (χ2n) is 4.56. The first-order chi connectivity index (χ1) is 8.71. The van der Waals surface area contributed by atoms with Crippen LogP contribution in [0, 0.1) is 0 Å². The highest BCUT2D eigenvalue weighted by molar-refractivity contribution is 5.42. The van der Waals surface area contributed by atoms with Crippen LogP contribution in [0.1, 0.15) is 31.0 Å². The van der Waals surface area contributed by atoms with Crippen LogP contribution in [-0.4, -0.2) is 25.6 Å². The quantitative estimate of drug-likeness (QED) is 0.565. The van der Waals surface area contributed by atoms with Gasteiger partial charge in [0, 0.05) is 25.8 Å². The molecule has 0 aromatic carbocycles. The van der Waals surface area contributed by atoms with E-state index < -0.39 is 0 Å². The second kappa shape index (κ2) is 7.88. The Morgan fingerprint density at radius 1 is 1.44 bits per heavy atom. The molecular weight excluding hydrogens is 222 g/mol. The molecule has 1 N–H and O–H groups in total. The molecule has 0 saturated heterocycles. The highest BCUT2D eigenvalue weighted by Crippen LogP contribution is 2.15. The van der Waals surface area contributed by atoms with Crippen molar-refractivity contribution in [2.45, 2.75) is 32.7 Å². The van der Waals surface area contributed by atoms with E-state index in [1.165, 1.54) is 5.56 Å². The number of rotatable bonds is 8. The van der Waals surface area contributed by atoms with Crippen molar-refractivity contribution in [2.24, 2.45) is 0 Å². The van der Waals surface area contributed by atoms with Gasteiger partial charge in [-0.1, -0.05) is 13.0 Å². The second-order valence-corrected chi connectivity index (χ2v) is 4.56. The number of hydrogen-bond donors (Lipinski definition) is 1. The van der Waals surface area contributed by atoms with Crippen LogP contribution in [0.5, 0.6) is 0 Å². The first-order valence-corrected chi connectivity index (χ1v) is 6.67. The van der Waals surface area contributed by atoms with Gasteiger partial charge < -0.3 is 10.2 Å². The van der Waals surface area contributed by atoms with Crippen LogP contribution in [0.15, 0.2) is 24.8 Å². The Morgan fingerprint density at radius 2 is 2.22 bits per heavy atom. The summed E-state index contributed by atoms with van der Waals surface area (Å²) in [6.07, 6.45) is 5.13. The Bertz CT molecular complexity index is 374. The molecule has 1 heterocycles. The summed E-state index contributed by atoms with van der Waals surface area (Å²) in [5, 5.41) is 3.19. The fourth-order valence-electron chi connectivity index (χ4n) is 1.90. The monoisotopic (exact) mass is 247 g/mol. The molecule has 0 unspecified atom stereocenters. The zero-order valence-corrected chi connectivity index (χ0v) is 11.9. The van der Waals surface area contributed by atoms with E-state index in [0.717, 1.165) is 43.9 Å². The largest absolute Gasteiger partial charge is 0.360 e. The summed E-state index contributed by atoms with van der Waals surface area (Å²) in [4.78, 5) is 6.91. The van der Waals surface area contributed by atoms with Crippen LogP contribution in [0.3, 0.4) is 0 Å². The van der Waals surface area contributed by atoms with Gasteiger partial charge in [0.2, 0.25) is 0 Å². The number of anilines is 1. The lowest BCUT2D eigenvalue weighted by molar-refractivity contribution is 0.778. The normalized spacial score (nSPS) is 10.4. The molecule has 1 aromatic rings. The van der Waals surface area contributed by atoms with E-state index >= 15 is 0 Å². The molecule has 1 aromatic heterocycles. The van der Waals surface area contributed by atoms with Gasteiger partial charge in [0.05, 0.1) is 0 Å². The minimum absolute atomic E-state index is 0.892. The SMILES string of the molecule is C=CCCCN(C)c1cc(CNC)cc(CC)n1. The summed E-state index contributed by atoms with van der Waals surface area (Å²) >= 11 is 0. The van der Waals surface area contributed by atoms with Gasteiger partial charge in [0.1, 0.15) is 5.82 Å². The summed E-state index contributed by atoms with van der Waals surface area (Å²) in [6, 6.07) is 4.35. The van der Waals surface area contributed by atoms with Crippen LogP contribution < -0.4 is 10.2 Å². The fraction of sp³-hybridized carbons (Fsp3) is 0.533. The maximum Gasteiger partial charge on any atom is 0.128 e. The molecule has 1 rings (SSSR count). The maximum atomic E-state index is 4.69. The smallest absolute Gasteiger partial charge is 0.128 e. The van der Waals surface area contributed by atoms with Crippen molar-refractivity contribution in [3.63, 3.8) is 0 Å². The zero-order chi connectivity index (χ0) is 13.4. The topological polar surface area (TPSA) is 28.2 Å². The van der Waals surface area contributed by atoms with E-state index in [1.807, 2.05) is 13.1 Å². The third kappa shape index (κ3) is 4.49. The Morgan fingerprint density at radius 3 is 2.83 bits per heavy atom. The lowest BCUT2D eigenvalue weighted by Crippen LogP contribution is -2.20. The first-order valence-electron chi connectivity index (χ1n) is 6.67. The van der Waals surface area contributed by atoms with Crippen molar-refractivity contribution >= 4 is 5.82 Å². The minimum Gasteiger partial charge on any atom is -0.360 e. The van der Waals surface area contributed by atoms with Crippen LogP contribution in [0.25, 0.3) is 0 Å². The van der Waals surface area contributed by atoms with Gasteiger partial charge in [-0.2, -0.15) is 0 Å². The summed E-state index contributed by atoms with van der Waals surface area (Å²) < 4.78 is 0. The number of aryl methyl sites for hydroxylation is 1. The molecule has 0 fully saturated rings. The summed E-state index contributed by atoms with van der Waals surface area (Å²) in [5.41, 5.74) is 2.46. The third-order valence-electron chi connectivity index (χ3n) is 2.96. The van der Waals surface area contributed by atoms with E-state index in [4.69, 9.17) is 0 Å². The van der Waals surface area contributed by atoms with Crippen LogP contribution in [0.4, 0.5) is 5.82 Å². The number of pyridine rings is 1. The van der Waals surface area contributed by atoms with Gasteiger partial charge >= 0.3 is 0 Å². The van der Waals surface area contributed by atoms with Crippen molar-refractivity contribution in [1.29, 1.82) is 0 Å². The average Bonchev–Trinajstić information content (AvgIpc) is 2.39. The Labute approximate surface area is 111 Å². The van der Waals surface area contributed by atoms with E-state index in [0.29, 0.717) is 0 Å². The number of nitrogens with zero attached hydrogens (tertiary/aromatic N) is 2. The fourth-order valence-corrected chi connectivity index (χ4v) is 1.90. The van der Waals surface area contributed by atoms with Gasteiger partial charge in [-0.15, -0.1) is 6.58 Å². The molecule has 0 aliphatic carbocycles. The molecule has 0 radical (unpaired) electrons. The number of allylic oxidation sites excluding steroid dienone is 1. The van der Waals surface area contributed by atoms with Crippen molar-refractivity contribution < 1.29 is 0 Å².